The molecular formula is C24H38ClN3O. The first-order valence-corrected chi connectivity index (χ1v) is 11.5. The number of nitrogens with zero attached hydrogens (tertiary/aromatic N) is 1. The van der Waals surface area contributed by atoms with E-state index < -0.39 is 0 Å². The Labute approximate surface area is 181 Å². The summed E-state index contributed by atoms with van der Waals surface area (Å²) in [5, 5.41) is 5.08. The third-order valence-corrected chi connectivity index (χ3v) is 5.95. The minimum Gasteiger partial charge on any atom is -0.361 e. The van der Waals surface area contributed by atoms with Crippen LogP contribution in [0.15, 0.2) is 24.4 Å². The molecular weight excluding hydrogens is 382 g/mol. The lowest BCUT2D eigenvalue weighted by molar-refractivity contribution is -0.122. The van der Waals surface area contributed by atoms with Crippen molar-refractivity contribution in [2.75, 3.05) is 19.6 Å². The summed E-state index contributed by atoms with van der Waals surface area (Å²) in [4.78, 5) is 18.6. The number of rotatable bonds is 12. The molecule has 0 bridgehead atoms. The third kappa shape index (κ3) is 7.35. The van der Waals surface area contributed by atoms with Gasteiger partial charge in [-0.3, -0.25) is 4.79 Å². The monoisotopic (exact) mass is 419 g/mol. The van der Waals surface area contributed by atoms with Crippen molar-refractivity contribution in [3.63, 3.8) is 0 Å². The molecule has 1 amide bonds. The first-order valence-electron chi connectivity index (χ1n) is 11.1. The number of H-pyrrole nitrogens is 1. The topological polar surface area (TPSA) is 48.1 Å². The average molecular weight is 420 g/mol. The van der Waals surface area contributed by atoms with Crippen molar-refractivity contribution >= 4 is 28.4 Å². The summed E-state index contributed by atoms with van der Waals surface area (Å²) in [5.41, 5.74) is 2.27. The summed E-state index contributed by atoms with van der Waals surface area (Å²) in [6.45, 7) is 14.2. The number of fused-ring (bicyclic) bond motifs is 1. The Morgan fingerprint density at radius 2 is 1.93 bits per heavy atom. The van der Waals surface area contributed by atoms with Gasteiger partial charge in [0.25, 0.3) is 0 Å². The lowest BCUT2D eigenvalue weighted by atomic mass is 9.87. The van der Waals surface area contributed by atoms with Gasteiger partial charge in [0, 0.05) is 34.6 Å². The average Bonchev–Trinajstić information content (AvgIpc) is 3.07. The smallest absolute Gasteiger partial charge is 0.220 e. The molecule has 0 aliphatic carbocycles. The van der Waals surface area contributed by atoms with E-state index in [1.54, 1.807) is 0 Å². The van der Waals surface area contributed by atoms with Crippen LogP contribution < -0.4 is 5.32 Å². The Kier molecular flexibility index (Phi) is 9.51. The summed E-state index contributed by atoms with van der Waals surface area (Å²) in [6.07, 6.45) is 5.66. The molecule has 5 heteroatoms. The third-order valence-electron chi connectivity index (χ3n) is 5.72. The molecule has 0 aliphatic heterocycles. The number of amides is 1. The summed E-state index contributed by atoms with van der Waals surface area (Å²) < 4.78 is 0. The van der Waals surface area contributed by atoms with Crippen molar-refractivity contribution in [1.29, 1.82) is 0 Å². The highest BCUT2D eigenvalue weighted by Crippen LogP contribution is 2.34. The molecule has 0 fully saturated rings. The number of nitrogens with one attached hydrogen (secondary N) is 2. The van der Waals surface area contributed by atoms with Gasteiger partial charge in [0.1, 0.15) is 0 Å². The van der Waals surface area contributed by atoms with Crippen LogP contribution in [0.2, 0.25) is 5.02 Å². The highest BCUT2D eigenvalue weighted by atomic mass is 35.5. The van der Waals surface area contributed by atoms with Crippen molar-refractivity contribution in [2.45, 2.75) is 72.3 Å². The van der Waals surface area contributed by atoms with Gasteiger partial charge in [-0.15, -0.1) is 0 Å². The zero-order chi connectivity index (χ0) is 21.4. The van der Waals surface area contributed by atoms with Gasteiger partial charge in [0.2, 0.25) is 5.91 Å². The van der Waals surface area contributed by atoms with Gasteiger partial charge >= 0.3 is 0 Å². The maximum atomic E-state index is 12.8. The van der Waals surface area contributed by atoms with Crippen LogP contribution in [-0.2, 0) is 4.79 Å². The van der Waals surface area contributed by atoms with Gasteiger partial charge in [0.15, 0.2) is 0 Å². The number of hydrogen-bond acceptors (Lipinski definition) is 2. The van der Waals surface area contributed by atoms with E-state index in [-0.39, 0.29) is 17.9 Å². The number of halogens is 1. The number of hydrogen-bond donors (Lipinski definition) is 2. The van der Waals surface area contributed by atoms with Crippen LogP contribution >= 0.6 is 11.6 Å². The van der Waals surface area contributed by atoms with E-state index in [2.05, 4.69) is 56.0 Å². The Morgan fingerprint density at radius 3 is 2.59 bits per heavy atom. The predicted octanol–water partition coefficient (Wildman–Crippen LogP) is 5.97. The first kappa shape index (κ1) is 23.8. The highest BCUT2D eigenvalue weighted by Gasteiger charge is 2.21. The van der Waals surface area contributed by atoms with Crippen LogP contribution in [0.25, 0.3) is 10.9 Å². The van der Waals surface area contributed by atoms with Crippen molar-refractivity contribution < 1.29 is 4.79 Å². The van der Waals surface area contributed by atoms with Crippen LogP contribution in [0, 0.1) is 5.92 Å². The first-order chi connectivity index (χ1) is 13.8. The Bertz CT molecular complexity index is 767. The van der Waals surface area contributed by atoms with Crippen molar-refractivity contribution in [3.8, 4) is 0 Å². The highest BCUT2D eigenvalue weighted by molar-refractivity contribution is 6.31. The zero-order valence-corrected chi connectivity index (χ0v) is 19.5. The molecule has 2 rings (SSSR count). The molecule has 4 nitrogen and oxygen atoms in total. The maximum Gasteiger partial charge on any atom is 0.220 e. The fraction of sp³-hybridized carbons (Fsp3) is 0.625. The number of carbonyl (C=O) groups is 1. The van der Waals surface area contributed by atoms with E-state index in [4.69, 9.17) is 11.6 Å². The standard InChI is InChI=1S/C24H38ClN3O/c1-6-28(7-2)12-8-9-18(5)27-24(29)14-19(13-17(3)4)22-16-26-23-11-10-20(25)15-21(22)23/h10-11,15-19,26H,6-9,12-14H2,1-5H3,(H,27,29)/t18-,19-/m0/s1. The molecule has 162 valence electrons. The molecule has 2 atom stereocenters. The molecule has 0 saturated heterocycles. The molecule has 2 N–H and O–H groups in total. The Morgan fingerprint density at radius 1 is 1.21 bits per heavy atom. The van der Waals surface area contributed by atoms with E-state index in [1.165, 1.54) is 5.56 Å². The molecule has 29 heavy (non-hydrogen) atoms. The van der Waals surface area contributed by atoms with Gasteiger partial charge in [-0.1, -0.05) is 39.3 Å². The summed E-state index contributed by atoms with van der Waals surface area (Å²) >= 11 is 6.23. The fourth-order valence-corrected chi connectivity index (χ4v) is 4.30. The minimum absolute atomic E-state index is 0.141. The second kappa shape index (κ2) is 11.6. The fourth-order valence-electron chi connectivity index (χ4n) is 4.13. The van der Waals surface area contributed by atoms with Crippen LogP contribution in [0.5, 0.6) is 0 Å². The number of benzene rings is 1. The van der Waals surface area contributed by atoms with E-state index in [0.717, 1.165) is 54.8 Å². The van der Waals surface area contributed by atoms with Crippen molar-refractivity contribution in [2.24, 2.45) is 5.92 Å². The van der Waals surface area contributed by atoms with Gasteiger partial charge in [-0.2, -0.15) is 0 Å². The van der Waals surface area contributed by atoms with Crippen molar-refractivity contribution in [3.05, 3.63) is 35.0 Å². The molecule has 0 unspecified atom stereocenters. The number of aromatic amines is 1. The van der Waals surface area contributed by atoms with Gasteiger partial charge in [0.05, 0.1) is 0 Å². The Balaban J connectivity index is 1.98. The van der Waals surface area contributed by atoms with E-state index >= 15 is 0 Å². The molecule has 0 saturated carbocycles. The maximum absolute atomic E-state index is 12.8. The lowest BCUT2D eigenvalue weighted by Gasteiger charge is -2.22. The summed E-state index contributed by atoms with van der Waals surface area (Å²) in [6, 6.07) is 6.11. The van der Waals surface area contributed by atoms with Gasteiger partial charge in [-0.25, -0.2) is 0 Å². The van der Waals surface area contributed by atoms with Crippen LogP contribution in [0.3, 0.4) is 0 Å². The Hall–Kier alpha value is -1.52. The van der Waals surface area contributed by atoms with Gasteiger partial charge < -0.3 is 15.2 Å². The molecule has 0 aliphatic rings. The molecule has 1 aromatic carbocycles. The van der Waals surface area contributed by atoms with Crippen LogP contribution in [0.4, 0.5) is 0 Å². The van der Waals surface area contributed by atoms with E-state index in [1.807, 2.05) is 18.2 Å². The quantitative estimate of drug-likeness (QED) is 0.445. The normalized spacial score (nSPS) is 13.9. The van der Waals surface area contributed by atoms with Crippen LogP contribution in [-0.4, -0.2) is 41.5 Å². The molecule has 0 radical (unpaired) electrons. The summed E-state index contributed by atoms with van der Waals surface area (Å²) in [5.74, 6) is 0.843. The summed E-state index contributed by atoms with van der Waals surface area (Å²) in [7, 11) is 0. The second-order valence-corrected chi connectivity index (χ2v) is 9.04. The lowest BCUT2D eigenvalue weighted by Crippen LogP contribution is -2.34. The SMILES string of the molecule is CCN(CC)CCC[C@H](C)NC(=O)C[C@H](CC(C)C)c1c[nH]c2ccc(Cl)cc12. The largest absolute Gasteiger partial charge is 0.361 e. The van der Waals surface area contributed by atoms with Crippen molar-refractivity contribution in [1.82, 2.24) is 15.2 Å². The van der Waals surface area contributed by atoms with E-state index in [0.29, 0.717) is 12.3 Å². The second-order valence-electron chi connectivity index (χ2n) is 8.60. The molecule has 0 spiro atoms. The van der Waals surface area contributed by atoms with E-state index in [9.17, 15) is 4.79 Å². The van der Waals surface area contributed by atoms with Gasteiger partial charge in [-0.05, 0) is 81.4 Å². The molecule has 2 aromatic rings. The minimum atomic E-state index is 0.141. The zero-order valence-electron chi connectivity index (χ0n) is 18.7. The number of carbonyl (C=O) groups excluding carboxylic acids is 1. The number of aromatic nitrogens is 1. The molecule has 1 heterocycles. The predicted molar refractivity (Wildman–Crippen MR) is 125 cm³/mol. The van der Waals surface area contributed by atoms with Crippen LogP contribution in [0.1, 0.15) is 71.8 Å². The molecule has 1 aromatic heterocycles.